The smallest absolute Gasteiger partial charge is 0.177 e. The van der Waals surface area contributed by atoms with Crippen LogP contribution in [0.2, 0.25) is 10.0 Å². The van der Waals surface area contributed by atoms with Gasteiger partial charge in [0.1, 0.15) is 5.78 Å². The average Bonchev–Trinajstić information content (AvgIpc) is 3.01. The van der Waals surface area contributed by atoms with Crippen molar-refractivity contribution in [3.8, 4) is 0 Å². The molecule has 0 saturated heterocycles. The summed E-state index contributed by atoms with van der Waals surface area (Å²) < 4.78 is 25.1. The van der Waals surface area contributed by atoms with E-state index in [4.69, 9.17) is 23.2 Å². The molecule has 0 aromatic heterocycles. The van der Waals surface area contributed by atoms with Crippen molar-refractivity contribution in [3.05, 3.63) is 44.4 Å². The third-order valence-corrected chi connectivity index (χ3v) is 7.40. The first-order chi connectivity index (χ1) is 10.9. The summed E-state index contributed by atoms with van der Waals surface area (Å²) in [7, 11) is -3.39. The summed E-state index contributed by atoms with van der Waals surface area (Å²) >= 11 is 12.1. The molecule has 0 amide bonds. The van der Waals surface area contributed by atoms with E-state index in [1.165, 1.54) is 0 Å². The molecule has 4 rings (SSSR count). The van der Waals surface area contributed by atoms with Crippen molar-refractivity contribution in [1.29, 1.82) is 0 Å². The maximum atomic E-state index is 12.5. The lowest BCUT2D eigenvalue weighted by Crippen LogP contribution is -2.29. The lowest BCUT2D eigenvalue weighted by atomic mass is 9.80. The predicted molar refractivity (Wildman–Crippen MR) is 89.8 cm³/mol. The number of carbonyl (C=O) groups excluding carboxylic acids is 1. The molecule has 23 heavy (non-hydrogen) atoms. The van der Waals surface area contributed by atoms with Gasteiger partial charge in [0.05, 0.1) is 32.3 Å². The van der Waals surface area contributed by atoms with Crippen molar-refractivity contribution in [1.82, 2.24) is 0 Å². The van der Waals surface area contributed by atoms with Gasteiger partial charge in [-0.15, -0.1) is 0 Å². The Kier molecular flexibility index (Phi) is 3.45. The number of aliphatic imine (C=N–C) groups is 1. The molecule has 0 bridgehead atoms. The number of allylic oxidation sites excluding steroid dienone is 2. The molecule has 7 heteroatoms. The van der Waals surface area contributed by atoms with E-state index in [1.807, 2.05) is 0 Å². The van der Waals surface area contributed by atoms with Gasteiger partial charge in [0.15, 0.2) is 9.84 Å². The van der Waals surface area contributed by atoms with Crippen LogP contribution in [0, 0.1) is 5.92 Å². The second-order valence-electron chi connectivity index (χ2n) is 6.08. The lowest BCUT2D eigenvalue weighted by Gasteiger charge is -2.28. The SMILES string of the molecule is O=C1CCC2=NC3=C(C(c4ccc(Cl)c(Cl)c4)C12)S(=O)(=O)CC3. The maximum absolute atomic E-state index is 12.5. The monoisotopic (exact) mass is 369 g/mol. The number of halogens is 2. The van der Waals surface area contributed by atoms with E-state index >= 15 is 0 Å². The molecule has 1 fully saturated rings. The second-order valence-corrected chi connectivity index (χ2v) is 8.97. The minimum absolute atomic E-state index is 0.0495. The molecule has 0 radical (unpaired) electrons. The first-order valence-electron chi connectivity index (χ1n) is 7.39. The van der Waals surface area contributed by atoms with Gasteiger partial charge < -0.3 is 0 Å². The highest BCUT2D eigenvalue weighted by Gasteiger charge is 2.49. The van der Waals surface area contributed by atoms with E-state index in [9.17, 15) is 13.2 Å². The van der Waals surface area contributed by atoms with Gasteiger partial charge in [-0.3, -0.25) is 9.79 Å². The Morgan fingerprint density at radius 2 is 1.83 bits per heavy atom. The Morgan fingerprint density at radius 1 is 1.04 bits per heavy atom. The molecule has 1 saturated carbocycles. The first-order valence-corrected chi connectivity index (χ1v) is 9.80. The molecule has 1 aromatic carbocycles. The summed E-state index contributed by atoms with van der Waals surface area (Å²) in [5.74, 6) is -0.894. The fourth-order valence-corrected chi connectivity index (χ4v) is 5.91. The van der Waals surface area contributed by atoms with Gasteiger partial charge in [-0.1, -0.05) is 29.3 Å². The molecule has 2 heterocycles. The Hall–Kier alpha value is -1.17. The van der Waals surface area contributed by atoms with Crippen LogP contribution < -0.4 is 0 Å². The molecule has 120 valence electrons. The maximum Gasteiger partial charge on any atom is 0.177 e. The number of rotatable bonds is 1. The summed E-state index contributed by atoms with van der Waals surface area (Å²) in [5, 5.41) is 0.762. The number of hydrogen-bond acceptors (Lipinski definition) is 4. The van der Waals surface area contributed by atoms with Crippen molar-refractivity contribution >= 4 is 44.5 Å². The zero-order valence-electron chi connectivity index (χ0n) is 12.1. The Labute approximate surface area is 144 Å². The van der Waals surface area contributed by atoms with E-state index in [-0.39, 0.29) is 11.5 Å². The van der Waals surface area contributed by atoms with Crippen LogP contribution in [-0.4, -0.2) is 25.7 Å². The largest absolute Gasteiger partial charge is 0.299 e. The predicted octanol–water partition coefficient (Wildman–Crippen LogP) is 3.54. The zero-order valence-corrected chi connectivity index (χ0v) is 14.4. The van der Waals surface area contributed by atoms with Crippen LogP contribution >= 0.6 is 23.2 Å². The van der Waals surface area contributed by atoms with Gasteiger partial charge in [-0.25, -0.2) is 8.42 Å². The van der Waals surface area contributed by atoms with Crippen molar-refractivity contribution in [3.63, 3.8) is 0 Å². The summed E-state index contributed by atoms with van der Waals surface area (Å²) in [6.07, 6.45) is 1.44. The fourth-order valence-electron chi connectivity index (χ4n) is 3.75. The fraction of sp³-hybridized carbons (Fsp3) is 0.375. The third kappa shape index (κ3) is 2.29. The molecular formula is C16H13Cl2NO3S. The van der Waals surface area contributed by atoms with Crippen LogP contribution in [-0.2, 0) is 14.6 Å². The van der Waals surface area contributed by atoms with E-state index in [1.54, 1.807) is 18.2 Å². The van der Waals surface area contributed by atoms with Gasteiger partial charge in [-0.2, -0.15) is 0 Å². The number of benzene rings is 1. The Balaban J connectivity index is 1.95. The number of ketones is 1. The molecule has 1 aliphatic carbocycles. The van der Waals surface area contributed by atoms with Gasteiger partial charge >= 0.3 is 0 Å². The number of Topliss-reactive ketones (excluding diaryl/α,β-unsaturated/α-hetero) is 1. The summed E-state index contributed by atoms with van der Waals surface area (Å²) in [5.41, 5.74) is 2.13. The van der Waals surface area contributed by atoms with Gasteiger partial charge in [0, 0.05) is 24.5 Å². The topological polar surface area (TPSA) is 63.6 Å². The quantitative estimate of drug-likeness (QED) is 0.760. The highest BCUT2D eigenvalue weighted by Crippen LogP contribution is 2.49. The minimum Gasteiger partial charge on any atom is -0.299 e. The standard InChI is InChI=1S/C16H13Cl2NO3S/c17-9-2-1-8(7-10(9)18)14-15-11(3-4-13(15)20)19-12-5-6-23(21,22)16(12)14/h1-2,7,14-15H,3-6H2. The molecule has 0 spiro atoms. The van der Waals surface area contributed by atoms with E-state index in [0.29, 0.717) is 45.5 Å². The van der Waals surface area contributed by atoms with Gasteiger partial charge in [-0.05, 0) is 24.1 Å². The molecule has 2 unspecified atom stereocenters. The zero-order chi connectivity index (χ0) is 16.4. The third-order valence-electron chi connectivity index (χ3n) is 4.76. The number of carbonyl (C=O) groups is 1. The van der Waals surface area contributed by atoms with Crippen LogP contribution in [0.4, 0.5) is 0 Å². The molecule has 3 aliphatic rings. The van der Waals surface area contributed by atoms with Crippen LogP contribution in [0.5, 0.6) is 0 Å². The number of sulfone groups is 1. The van der Waals surface area contributed by atoms with Gasteiger partial charge in [0.2, 0.25) is 0 Å². The van der Waals surface area contributed by atoms with Crippen LogP contribution in [0.1, 0.15) is 30.7 Å². The normalized spacial score (nSPS) is 28.6. The summed E-state index contributed by atoms with van der Waals surface area (Å²) in [6.45, 7) is 0. The van der Waals surface area contributed by atoms with E-state index in [2.05, 4.69) is 4.99 Å². The van der Waals surface area contributed by atoms with Crippen molar-refractivity contribution in [2.24, 2.45) is 10.9 Å². The molecule has 1 aromatic rings. The minimum atomic E-state index is -3.39. The Morgan fingerprint density at radius 3 is 2.57 bits per heavy atom. The van der Waals surface area contributed by atoms with Gasteiger partial charge in [0.25, 0.3) is 0 Å². The molecule has 2 atom stereocenters. The number of nitrogens with zero attached hydrogens (tertiary/aromatic N) is 1. The summed E-state index contributed by atoms with van der Waals surface area (Å²) in [6, 6.07) is 5.07. The number of hydrogen-bond donors (Lipinski definition) is 0. The second kappa shape index (κ2) is 5.16. The van der Waals surface area contributed by atoms with Crippen LogP contribution in [0.3, 0.4) is 0 Å². The first kappa shape index (κ1) is 15.4. The molecule has 4 nitrogen and oxygen atoms in total. The van der Waals surface area contributed by atoms with Crippen molar-refractivity contribution in [2.75, 3.05) is 5.75 Å². The van der Waals surface area contributed by atoms with Crippen LogP contribution in [0.25, 0.3) is 0 Å². The number of fused-ring (bicyclic) bond motifs is 1. The lowest BCUT2D eigenvalue weighted by molar-refractivity contribution is -0.120. The molecular weight excluding hydrogens is 357 g/mol. The van der Waals surface area contributed by atoms with Crippen molar-refractivity contribution < 1.29 is 13.2 Å². The van der Waals surface area contributed by atoms with Crippen LogP contribution in [0.15, 0.2) is 33.8 Å². The molecule has 2 aliphatic heterocycles. The average molecular weight is 370 g/mol. The van der Waals surface area contributed by atoms with Crippen molar-refractivity contribution in [2.45, 2.75) is 25.2 Å². The highest BCUT2D eigenvalue weighted by atomic mass is 35.5. The highest BCUT2D eigenvalue weighted by molar-refractivity contribution is 7.95. The van der Waals surface area contributed by atoms with E-state index in [0.717, 1.165) is 5.71 Å². The van der Waals surface area contributed by atoms with E-state index < -0.39 is 21.7 Å². The molecule has 0 N–H and O–H groups in total. The Bertz CT molecular complexity index is 902. The summed E-state index contributed by atoms with van der Waals surface area (Å²) in [4.78, 5) is 17.2.